The minimum Gasteiger partial charge on any atom is -0.363 e. The summed E-state index contributed by atoms with van der Waals surface area (Å²) in [6, 6.07) is 7.25. The van der Waals surface area contributed by atoms with Gasteiger partial charge in [-0.05, 0) is 17.7 Å². The van der Waals surface area contributed by atoms with Crippen molar-refractivity contribution >= 4 is 40.2 Å². The highest BCUT2D eigenvalue weighted by molar-refractivity contribution is 6.30. The van der Waals surface area contributed by atoms with Gasteiger partial charge in [0.25, 0.3) is 0 Å². The van der Waals surface area contributed by atoms with Gasteiger partial charge in [-0.25, -0.2) is 24.3 Å². The molecule has 0 aliphatic rings. The molecule has 0 unspecified atom stereocenters. The molecule has 0 aliphatic carbocycles. The fraction of sp³-hybridized carbons (Fsp3) is 0.0588. The second-order valence-corrected chi connectivity index (χ2v) is 6.29. The van der Waals surface area contributed by atoms with Gasteiger partial charge in [-0.15, -0.1) is 0 Å². The first-order valence-electron chi connectivity index (χ1n) is 7.61. The van der Waals surface area contributed by atoms with Crippen molar-refractivity contribution in [3.05, 3.63) is 64.4 Å². The lowest BCUT2D eigenvalue weighted by molar-refractivity contribution is 0.617. The predicted octanol–water partition coefficient (Wildman–Crippen LogP) is 4.47. The van der Waals surface area contributed by atoms with Crippen molar-refractivity contribution in [3.63, 3.8) is 0 Å². The minimum atomic E-state index is -0.549. The summed E-state index contributed by atoms with van der Waals surface area (Å²) >= 11 is 11.8. The molecule has 4 rings (SSSR count). The first-order valence-corrected chi connectivity index (χ1v) is 8.36. The van der Waals surface area contributed by atoms with E-state index in [2.05, 4.69) is 30.2 Å². The number of anilines is 1. The third-order valence-corrected chi connectivity index (χ3v) is 4.14. The van der Waals surface area contributed by atoms with E-state index in [0.29, 0.717) is 34.1 Å². The van der Waals surface area contributed by atoms with Crippen LogP contribution in [0.4, 0.5) is 10.2 Å². The molecule has 0 aliphatic heterocycles. The number of hydrogen-bond acceptors (Lipinski definition) is 5. The van der Waals surface area contributed by atoms with Gasteiger partial charge < -0.3 is 10.3 Å². The minimum absolute atomic E-state index is 0.0919. The van der Waals surface area contributed by atoms with Crippen LogP contribution in [0.15, 0.2) is 42.9 Å². The smallest absolute Gasteiger partial charge is 0.183 e. The zero-order chi connectivity index (χ0) is 18.1. The molecule has 130 valence electrons. The molecular formula is C17H11Cl2FN6. The number of fused-ring (bicyclic) bond motifs is 1. The van der Waals surface area contributed by atoms with E-state index >= 15 is 0 Å². The number of aromatic amines is 1. The number of benzene rings is 1. The van der Waals surface area contributed by atoms with E-state index in [0.717, 1.165) is 11.8 Å². The van der Waals surface area contributed by atoms with Gasteiger partial charge in [0.05, 0.1) is 18.0 Å². The fourth-order valence-corrected chi connectivity index (χ4v) is 2.71. The maximum Gasteiger partial charge on any atom is 0.183 e. The second-order valence-electron chi connectivity index (χ2n) is 5.46. The topological polar surface area (TPSA) is 79.4 Å². The van der Waals surface area contributed by atoms with Crippen molar-refractivity contribution in [2.24, 2.45) is 0 Å². The molecule has 0 bridgehead atoms. The highest BCUT2D eigenvalue weighted by atomic mass is 35.5. The van der Waals surface area contributed by atoms with Crippen molar-refractivity contribution in [3.8, 4) is 11.4 Å². The maximum atomic E-state index is 14.1. The predicted molar refractivity (Wildman–Crippen MR) is 98.7 cm³/mol. The molecule has 3 aromatic heterocycles. The van der Waals surface area contributed by atoms with Crippen LogP contribution in [0.2, 0.25) is 10.2 Å². The van der Waals surface area contributed by atoms with Crippen LogP contribution in [0.3, 0.4) is 0 Å². The Morgan fingerprint density at radius 3 is 2.65 bits per heavy atom. The molecule has 0 saturated heterocycles. The summed E-state index contributed by atoms with van der Waals surface area (Å²) in [5, 5.41) is 3.86. The molecule has 0 amide bonds. The molecule has 2 N–H and O–H groups in total. The molecule has 4 aromatic rings. The van der Waals surface area contributed by atoms with Crippen molar-refractivity contribution in [1.82, 2.24) is 24.9 Å². The fourth-order valence-electron chi connectivity index (χ4n) is 2.45. The largest absolute Gasteiger partial charge is 0.363 e. The molecule has 9 heteroatoms. The van der Waals surface area contributed by atoms with Crippen LogP contribution in [0.1, 0.15) is 5.56 Å². The Balaban J connectivity index is 1.65. The van der Waals surface area contributed by atoms with E-state index in [1.807, 2.05) is 12.1 Å². The zero-order valence-electron chi connectivity index (χ0n) is 13.2. The summed E-state index contributed by atoms with van der Waals surface area (Å²) in [6.07, 6.45) is 4.22. The highest BCUT2D eigenvalue weighted by Gasteiger charge is 2.14. The van der Waals surface area contributed by atoms with Crippen LogP contribution in [-0.2, 0) is 6.54 Å². The Bertz CT molecular complexity index is 1080. The van der Waals surface area contributed by atoms with Gasteiger partial charge in [0.15, 0.2) is 23.1 Å². The first-order chi connectivity index (χ1) is 12.6. The van der Waals surface area contributed by atoms with Crippen molar-refractivity contribution in [1.29, 1.82) is 0 Å². The van der Waals surface area contributed by atoms with Gasteiger partial charge in [-0.2, -0.15) is 0 Å². The van der Waals surface area contributed by atoms with Crippen molar-refractivity contribution in [2.45, 2.75) is 6.54 Å². The number of aromatic nitrogens is 5. The zero-order valence-corrected chi connectivity index (χ0v) is 14.7. The summed E-state index contributed by atoms with van der Waals surface area (Å²) < 4.78 is 14.1. The number of hydrogen-bond donors (Lipinski definition) is 2. The molecular weight excluding hydrogens is 378 g/mol. The van der Waals surface area contributed by atoms with E-state index in [4.69, 9.17) is 23.2 Å². The van der Waals surface area contributed by atoms with Crippen LogP contribution < -0.4 is 5.32 Å². The third-order valence-electron chi connectivity index (χ3n) is 3.71. The van der Waals surface area contributed by atoms with Gasteiger partial charge in [0, 0.05) is 17.8 Å². The normalized spacial score (nSPS) is 11.0. The van der Waals surface area contributed by atoms with E-state index in [9.17, 15) is 4.39 Å². The van der Waals surface area contributed by atoms with Crippen LogP contribution in [0, 0.1) is 5.82 Å². The third kappa shape index (κ3) is 3.31. The molecule has 0 atom stereocenters. The van der Waals surface area contributed by atoms with Crippen molar-refractivity contribution in [2.75, 3.05) is 5.32 Å². The average Bonchev–Trinajstić information content (AvgIpc) is 3.05. The maximum absolute atomic E-state index is 14.1. The van der Waals surface area contributed by atoms with Crippen LogP contribution >= 0.6 is 23.2 Å². The summed E-state index contributed by atoms with van der Waals surface area (Å²) in [4.78, 5) is 19.7. The van der Waals surface area contributed by atoms with Crippen LogP contribution in [0.5, 0.6) is 0 Å². The Labute approximate surface area is 157 Å². The standard InChI is InChI=1S/C17H11Cl2FN6/c18-10-3-1-9(2-4-10)5-21-16-12(20)7-23-15(26-16)11-6-22-17-14(11)25-13(19)8-24-17/h1-4,6-8H,5H2,(H,22,24)(H,21,23,26). The molecule has 26 heavy (non-hydrogen) atoms. The number of H-pyrrole nitrogens is 1. The molecule has 0 radical (unpaired) electrons. The van der Waals surface area contributed by atoms with E-state index in [1.54, 1.807) is 18.3 Å². The Morgan fingerprint density at radius 2 is 1.85 bits per heavy atom. The monoisotopic (exact) mass is 388 g/mol. The summed E-state index contributed by atoms with van der Waals surface area (Å²) in [5.41, 5.74) is 2.60. The molecule has 1 aromatic carbocycles. The van der Waals surface area contributed by atoms with Gasteiger partial charge in [-0.3, -0.25) is 0 Å². The van der Waals surface area contributed by atoms with E-state index < -0.39 is 5.82 Å². The lowest BCUT2D eigenvalue weighted by atomic mass is 10.2. The number of nitrogens with one attached hydrogen (secondary N) is 2. The average molecular weight is 389 g/mol. The number of nitrogens with zero attached hydrogens (tertiary/aromatic N) is 4. The second kappa shape index (κ2) is 6.86. The molecule has 0 fully saturated rings. The molecule has 0 spiro atoms. The lowest BCUT2D eigenvalue weighted by Crippen LogP contribution is -2.05. The first kappa shape index (κ1) is 16.7. The summed E-state index contributed by atoms with van der Waals surface area (Å²) in [6.45, 7) is 0.393. The Morgan fingerprint density at radius 1 is 1.04 bits per heavy atom. The quantitative estimate of drug-likeness (QED) is 0.538. The molecule has 6 nitrogen and oxygen atoms in total. The highest BCUT2D eigenvalue weighted by Crippen LogP contribution is 2.26. The number of halogens is 3. The SMILES string of the molecule is Fc1cnc(-c2c[nH]c3ncc(Cl)nc23)nc1NCc1ccc(Cl)cc1. The lowest BCUT2D eigenvalue weighted by Gasteiger charge is -2.08. The van der Waals surface area contributed by atoms with E-state index in [-0.39, 0.29) is 11.0 Å². The van der Waals surface area contributed by atoms with Crippen LogP contribution in [0.25, 0.3) is 22.6 Å². The Kier molecular flexibility index (Phi) is 4.40. The van der Waals surface area contributed by atoms with Gasteiger partial charge in [0.1, 0.15) is 10.7 Å². The van der Waals surface area contributed by atoms with Gasteiger partial charge >= 0.3 is 0 Å². The van der Waals surface area contributed by atoms with Crippen molar-refractivity contribution < 1.29 is 4.39 Å². The van der Waals surface area contributed by atoms with Gasteiger partial charge in [-0.1, -0.05) is 35.3 Å². The number of rotatable bonds is 4. The summed E-state index contributed by atoms with van der Waals surface area (Å²) in [5.74, 6) is -0.145. The summed E-state index contributed by atoms with van der Waals surface area (Å²) in [7, 11) is 0. The molecule has 3 heterocycles. The van der Waals surface area contributed by atoms with Gasteiger partial charge in [0.2, 0.25) is 0 Å². The molecule has 0 saturated carbocycles. The van der Waals surface area contributed by atoms with Crippen LogP contribution in [-0.4, -0.2) is 24.9 Å². The Hall–Kier alpha value is -2.77. The van der Waals surface area contributed by atoms with E-state index in [1.165, 1.54) is 6.20 Å².